The van der Waals surface area contributed by atoms with Crippen molar-refractivity contribution in [1.82, 2.24) is 4.90 Å². The molecule has 16 heavy (non-hydrogen) atoms. The summed E-state index contributed by atoms with van der Waals surface area (Å²) in [7, 11) is 0. The molecule has 0 N–H and O–H groups in total. The zero-order valence-corrected chi connectivity index (χ0v) is 10.9. The van der Waals surface area contributed by atoms with E-state index in [1.807, 2.05) is 6.92 Å². The summed E-state index contributed by atoms with van der Waals surface area (Å²) in [4.78, 5) is 14.4. The van der Waals surface area contributed by atoms with Crippen LogP contribution in [0.25, 0.3) is 0 Å². The third kappa shape index (κ3) is 3.05. The first-order chi connectivity index (χ1) is 7.68. The molecule has 0 unspecified atom stereocenters. The summed E-state index contributed by atoms with van der Waals surface area (Å²) in [5.41, 5.74) is -0.462. The fourth-order valence-electron chi connectivity index (χ4n) is 2.35. The average molecular weight is 227 g/mol. The molecule has 3 nitrogen and oxygen atoms in total. The average Bonchev–Trinajstić information content (AvgIpc) is 2.36. The number of ketones is 1. The molecule has 1 saturated heterocycles. The van der Waals surface area contributed by atoms with Crippen molar-refractivity contribution in [1.29, 1.82) is 0 Å². The number of nitrogens with zero attached hydrogens (tertiary/aromatic N) is 1. The number of rotatable bonds is 6. The van der Waals surface area contributed by atoms with Gasteiger partial charge in [-0.1, -0.05) is 20.8 Å². The molecule has 1 aliphatic rings. The van der Waals surface area contributed by atoms with Crippen molar-refractivity contribution in [2.45, 2.75) is 52.1 Å². The van der Waals surface area contributed by atoms with E-state index in [0.29, 0.717) is 13.0 Å². The fourth-order valence-corrected chi connectivity index (χ4v) is 2.35. The van der Waals surface area contributed by atoms with Crippen LogP contribution in [0.1, 0.15) is 46.5 Å². The van der Waals surface area contributed by atoms with E-state index in [4.69, 9.17) is 4.74 Å². The molecule has 0 saturated carbocycles. The van der Waals surface area contributed by atoms with E-state index >= 15 is 0 Å². The number of carbonyl (C=O) groups is 1. The van der Waals surface area contributed by atoms with Gasteiger partial charge in [0.15, 0.2) is 5.78 Å². The molecule has 0 amide bonds. The molecule has 94 valence electrons. The van der Waals surface area contributed by atoms with Gasteiger partial charge in [-0.3, -0.25) is 4.79 Å². The quantitative estimate of drug-likeness (QED) is 0.697. The molecule has 0 aromatic heterocycles. The summed E-state index contributed by atoms with van der Waals surface area (Å²) in [5, 5.41) is 0. The predicted octanol–water partition coefficient (Wildman–Crippen LogP) is 2.25. The summed E-state index contributed by atoms with van der Waals surface area (Å²) in [6, 6.07) is 0. The highest BCUT2D eigenvalue weighted by Crippen LogP contribution is 2.28. The summed E-state index contributed by atoms with van der Waals surface area (Å²) >= 11 is 0. The Morgan fingerprint density at radius 3 is 2.31 bits per heavy atom. The summed E-state index contributed by atoms with van der Waals surface area (Å²) in [6.07, 6.45) is 3.31. The molecule has 1 aliphatic heterocycles. The number of hydrogen-bond acceptors (Lipinski definition) is 3. The molecule has 3 heteroatoms. The molecular formula is C13H25NO2. The van der Waals surface area contributed by atoms with Crippen LogP contribution in [0.3, 0.4) is 0 Å². The monoisotopic (exact) mass is 227 g/mol. The van der Waals surface area contributed by atoms with Crippen LogP contribution in [0.15, 0.2) is 0 Å². The fraction of sp³-hybridized carbons (Fsp3) is 0.923. The molecule has 0 aromatic carbocycles. The third-order valence-corrected chi connectivity index (χ3v) is 3.52. The van der Waals surface area contributed by atoms with Crippen molar-refractivity contribution < 1.29 is 9.53 Å². The van der Waals surface area contributed by atoms with Gasteiger partial charge in [-0.15, -0.1) is 0 Å². The second-order valence-electron chi connectivity index (χ2n) is 4.55. The Morgan fingerprint density at radius 1 is 1.25 bits per heavy atom. The standard InChI is InChI=1S/C13H25NO2/c1-4-11-16-13(12(15)5-2)7-9-14(6-3)10-8-13/h4-11H2,1-3H3. The Morgan fingerprint density at radius 2 is 1.88 bits per heavy atom. The van der Waals surface area contributed by atoms with Crippen molar-refractivity contribution in [2.24, 2.45) is 0 Å². The van der Waals surface area contributed by atoms with E-state index in [2.05, 4.69) is 18.7 Å². The van der Waals surface area contributed by atoms with Crippen molar-refractivity contribution in [3.05, 3.63) is 0 Å². The van der Waals surface area contributed by atoms with Crippen LogP contribution in [0.4, 0.5) is 0 Å². The van der Waals surface area contributed by atoms with Crippen molar-refractivity contribution in [3.8, 4) is 0 Å². The van der Waals surface area contributed by atoms with Gasteiger partial charge >= 0.3 is 0 Å². The minimum Gasteiger partial charge on any atom is -0.367 e. The van der Waals surface area contributed by atoms with E-state index < -0.39 is 5.60 Å². The maximum atomic E-state index is 12.0. The minimum absolute atomic E-state index is 0.289. The Kier molecular flexibility index (Phi) is 5.42. The Bertz CT molecular complexity index is 220. The molecule has 0 bridgehead atoms. The highest BCUT2D eigenvalue weighted by Gasteiger charge is 2.40. The second-order valence-corrected chi connectivity index (χ2v) is 4.55. The van der Waals surface area contributed by atoms with Crippen molar-refractivity contribution in [2.75, 3.05) is 26.2 Å². The lowest BCUT2D eigenvalue weighted by atomic mass is 9.85. The molecule has 1 rings (SSSR count). The lowest BCUT2D eigenvalue weighted by Gasteiger charge is -2.40. The SMILES string of the molecule is CCCOC1(C(=O)CC)CCN(CC)CC1. The van der Waals surface area contributed by atoms with Crippen LogP contribution in [-0.2, 0) is 9.53 Å². The number of hydrogen-bond donors (Lipinski definition) is 0. The molecule has 0 spiro atoms. The van der Waals surface area contributed by atoms with Crippen LogP contribution < -0.4 is 0 Å². The second kappa shape index (κ2) is 6.36. The molecular weight excluding hydrogens is 202 g/mol. The van der Waals surface area contributed by atoms with E-state index in [0.717, 1.165) is 38.9 Å². The maximum Gasteiger partial charge on any atom is 0.164 e. The van der Waals surface area contributed by atoms with Gasteiger partial charge < -0.3 is 9.64 Å². The smallest absolute Gasteiger partial charge is 0.164 e. The Hall–Kier alpha value is -0.410. The Labute approximate surface area is 99.1 Å². The van der Waals surface area contributed by atoms with Gasteiger partial charge in [-0.05, 0) is 25.8 Å². The van der Waals surface area contributed by atoms with Gasteiger partial charge in [-0.2, -0.15) is 0 Å². The molecule has 1 heterocycles. The zero-order valence-electron chi connectivity index (χ0n) is 10.9. The first-order valence-electron chi connectivity index (χ1n) is 6.58. The van der Waals surface area contributed by atoms with Crippen molar-refractivity contribution in [3.63, 3.8) is 0 Å². The number of Topliss-reactive ketones (excluding diaryl/α,β-unsaturated/α-hetero) is 1. The normalized spacial score (nSPS) is 20.9. The van der Waals surface area contributed by atoms with E-state index in [9.17, 15) is 4.79 Å². The highest BCUT2D eigenvalue weighted by atomic mass is 16.5. The highest BCUT2D eigenvalue weighted by molar-refractivity contribution is 5.87. The molecule has 1 fully saturated rings. The molecule has 0 atom stereocenters. The molecule has 0 aliphatic carbocycles. The van der Waals surface area contributed by atoms with Crippen LogP contribution >= 0.6 is 0 Å². The molecule has 0 aromatic rings. The van der Waals surface area contributed by atoms with Crippen molar-refractivity contribution >= 4 is 5.78 Å². The molecule has 0 radical (unpaired) electrons. The van der Waals surface area contributed by atoms with Gasteiger partial charge in [-0.25, -0.2) is 0 Å². The topological polar surface area (TPSA) is 29.5 Å². The number of carbonyl (C=O) groups excluding carboxylic acids is 1. The van der Waals surface area contributed by atoms with Gasteiger partial charge in [0.1, 0.15) is 5.60 Å². The van der Waals surface area contributed by atoms with Gasteiger partial charge in [0.2, 0.25) is 0 Å². The van der Waals surface area contributed by atoms with Crippen LogP contribution in [0, 0.1) is 0 Å². The minimum atomic E-state index is -0.462. The zero-order chi connectivity index (χ0) is 12.0. The maximum absolute atomic E-state index is 12.0. The van der Waals surface area contributed by atoms with Gasteiger partial charge in [0, 0.05) is 26.1 Å². The predicted molar refractivity (Wildman–Crippen MR) is 65.6 cm³/mol. The van der Waals surface area contributed by atoms with Crippen LogP contribution in [-0.4, -0.2) is 42.5 Å². The van der Waals surface area contributed by atoms with Crippen LogP contribution in [0.5, 0.6) is 0 Å². The van der Waals surface area contributed by atoms with E-state index in [-0.39, 0.29) is 5.78 Å². The lowest BCUT2D eigenvalue weighted by Crippen LogP contribution is -2.51. The summed E-state index contributed by atoms with van der Waals surface area (Å²) in [5.74, 6) is 0.289. The first-order valence-corrected chi connectivity index (χ1v) is 6.58. The largest absolute Gasteiger partial charge is 0.367 e. The van der Waals surface area contributed by atoms with Gasteiger partial charge in [0.05, 0.1) is 0 Å². The third-order valence-electron chi connectivity index (χ3n) is 3.52. The Balaban J connectivity index is 2.62. The summed E-state index contributed by atoms with van der Waals surface area (Å²) in [6.45, 7) is 9.96. The number of likely N-dealkylation sites (tertiary alicyclic amines) is 1. The van der Waals surface area contributed by atoms with Gasteiger partial charge in [0.25, 0.3) is 0 Å². The lowest BCUT2D eigenvalue weighted by molar-refractivity contribution is -0.151. The number of piperidine rings is 1. The van der Waals surface area contributed by atoms with Crippen LogP contribution in [0.2, 0.25) is 0 Å². The number of ether oxygens (including phenoxy) is 1. The first kappa shape index (κ1) is 13.7. The summed E-state index contributed by atoms with van der Waals surface area (Å²) < 4.78 is 5.89. The van der Waals surface area contributed by atoms with E-state index in [1.165, 1.54) is 0 Å². The van der Waals surface area contributed by atoms with E-state index in [1.54, 1.807) is 0 Å².